The van der Waals surface area contributed by atoms with Crippen LogP contribution in [-0.2, 0) is 0 Å². The average molecular weight is 1060 g/mol. The Morgan fingerprint density at radius 2 is 0.711 bits per heavy atom. The van der Waals surface area contributed by atoms with E-state index >= 15 is 0 Å². The van der Waals surface area contributed by atoms with Crippen molar-refractivity contribution in [3.8, 4) is 108 Å². The van der Waals surface area contributed by atoms with E-state index in [4.69, 9.17) is 34.9 Å². The Balaban J connectivity index is 0.796. The Bertz CT molecular complexity index is 5250. The molecule has 83 heavy (non-hydrogen) atoms. The summed E-state index contributed by atoms with van der Waals surface area (Å²) in [4.78, 5) is 40.7. The van der Waals surface area contributed by atoms with Crippen LogP contribution in [0.1, 0.15) is 11.1 Å². The quantitative estimate of drug-likeness (QED) is 0.130. The highest BCUT2D eigenvalue weighted by molar-refractivity contribution is 6.26. The maximum absolute atomic E-state index is 9.66. The fourth-order valence-corrected chi connectivity index (χ4v) is 12.2. The van der Waals surface area contributed by atoms with Gasteiger partial charge in [-0.2, -0.15) is 5.26 Å². The van der Waals surface area contributed by atoms with E-state index < -0.39 is 0 Å². The molecule has 0 atom stereocenters. The van der Waals surface area contributed by atoms with Crippen molar-refractivity contribution in [1.82, 2.24) is 39.9 Å². The second-order valence-corrected chi connectivity index (χ2v) is 21.1. The molecular formula is C74H43N9. The van der Waals surface area contributed by atoms with Gasteiger partial charge >= 0.3 is 0 Å². The van der Waals surface area contributed by atoms with Gasteiger partial charge in [-0.05, 0) is 154 Å². The zero-order chi connectivity index (χ0) is 55.1. The van der Waals surface area contributed by atoms with E-state index in [1.54, 1.807) is 18.3 Å². The Labute approximate surface area is 476 Å². The van der Waals surface area contributed by atoms with Crippen molar-refractivity contribution < 1.29 is 0 Å². The van der Waals surface area contributed by atoms with Crippen molar-refractivity contribution in [1.29, 1.82) is 5.26 Å². The van der Waals surface area contributed by atoms with Gasteiger partial charge in [-0.1, -0.05) is 164 Å². The van der Waals surface area contributed by atoms with Crippen LogP contribution in [0.3, 0.4) is 0 Å². The van der Waals surface area contributed by atoms with Crippen molar-refractivity contribution in [2.75, 3.05) is 0 Å². The number of rotatable bonds is 9. The van der Waals surface area contributed by atoms with Gasteiger partial charge in [0.1, 0.15) is 0 Å². The molecule has 12 aromatic carbocycles. The summed E-state index contributed by atoms with van der Waals surface area (Å²) in [5.41, 5.74) is 12.7. The minimum Gasteiger partial charge on any atom is -0.264 e. The van der Waals surface area contributed by atoms with Crippen LogP contribution < -0.4 is 0 Å². The molecular weight excluding hydrogens is 1010 g/mol. The van der Waals surface area contributed by atoms with Crippen LogP contribution in [0.15, 0.2) is 243 Å². The fourth-order valence-electron chi connectivity index (χ4n) is 12.2. The number of nitriles is 1. The second kappa shape index (κ2) is 19.1. The molecule has 9 heteroatoms. The van der Waals surface area contributed by atoms with Crippen LogP contribution in [0.5, 0.6) is 0 Å². The Morgan fingerprint density at radius 1 is 0.289 bits per heavy atom. The van der Waals surface area contributed by atoms with Gasteiger partial charge in [-0.15, -0.1) is 0 Å². The van der Waals surface area contributed by atoms with E-state index in [1.807, 2.05) is 48.9 Å². The molecule has 0 saturated carbocycles. The molecule has 0 aliphatic carbocycles. The maximum atomic E-state index is 9.66. The molecule has 0 spiro atoms. The van der Waals surface area contributed by atoms with Gasteiger partial charge in [0.25, 0.3) is 0 Å². The normalized spacial score (nSPS) is 11.7. The highest BCUT2D eigenvalue weighted by Crippen LogP contribution is 2.42. The smallest absolute Gasteiger partial charge is 0.164 e. The molecule has 384 valence electrons. The number of hydrogen-bond acceptors (Lipinski definition) is 9. The predicted octanol–water partition coefficient (Wildman–Crippen LogP) is 17.8. The lowest BCUT2D eigenvalue weighted by molar-refractivity contribution is 1.07. The first-order valence-corrected chi connectivity index (χ1v) is 27.5. The topological polar surface area (TPSA) is 127 Å². The Hall–Kier alpha value is -11.5. The summed E-state index contributed by atoms with van der Waals surface area (Å²) in [5, 5.41) is 23.8. The molecule has 4 heterocycles. The number of aromatic nitrogens is 8. The first kappa shape index (κ1) is 47.5. The van der Waals surface area contributed by atoms with E-state index in [-0.39, 0.29) is 0 Å². The third kappa shape index (κ3) is 8.08. The third-order valence-corrected chi connectivity index (χ3v) is 16.3. The molecule has 0 fully saturated rings. The molecule has 16 rings (SSSR count). The lowest BCUT2D eigenvalue weighted by Gasteiger charge is -2.16. The number of benzene rings is 12. The van der Waals surface area contributed by atoms with Crippen LogP contribution in [0.4, 0.5) is 0 Å². The zero-order valence-electron chi connectivity index (χ0n) is 44.6. The Kier molecular flexibility index (Phi) is 10.9. The summed E-state index contributed by atoms with van der Waals surface area (Å²) in [6, 6.07) is 77.8. The molecule has 0 radical (unpaired) electrons. The fraction of sp³-hybridized carbons (Fsp3) is 0.0135. The van der Waals surface area contributed by atoms with Crippen LogP contribution >= 0.6 is 0 Å². The van der Waals surface area contributed by atoms with Crippen molar-refractivity contribution in [2.45, 2.75) is 6.92 Å². The molecule has 0 amide bonds. The van der Waals surface area contributed by atoms with Gasteiger partial charge in [-0.25, -0.2) is 29.9 Å². The molecule has 9 nitrogen and oxygen atoms in total. The summed E-state index contributed by atoms with van der Waals surface area (Å²) >= 11 is 0. The van der Waals surface area contributed by atoms with E-state index in [2.05, 4.69) is 194 Å². The lowest BCUT2D eigenvalue weighted by Crippen LogP contribution is -2.02. The van der Waals surface area contributed by atoms with Crippen molar-refractivity contribution >= 4 is 64.6 Å². The first-order valence-electron chi connectivity index (χ1n) is 27.5. The van der Waals surface area contributed by atoms with Crippen LogP contribution in [-0.4, -0.2) is 39.9 Å². The van der Waals surface area contributed by atoms with Gasteiger partial charge in [-0.3, -0.25) is 9.97 Å². The molecule has 0 aliphatic rings. The zero-order valence-corrected chi connectivity index (χ0v) is 44.6. The summed E-state index contributed by atoms with van der Waals surface area (Å²) in [7, 11) is 0. The minimum absolute atomic E-state index is 0.511. The molecule has 16 aromatic rings. The standard InChI is InChI=1S/C74H43N9/c1-43-59(14-5-15-60(43)72-79-70(53-26-20-45(21-27-53)56-13-6-36-76-40-56)81-74(83-72)64-35-31-51-25-23-47-8-3-10-49-29-33-62(64)68(51)66(47)49)58-38-57(41-77-42-58)54-11-4-12-55(37-54)71-78-69(52-18-16-44(39-75)17-19-52)80-73(82-71)63-34-30-50-24-22-46-7-2-9-48-28-32-61(63)67(50)65(46)48/h2-38,40-42H,1H3. The predicted molar refractivity (Wildman–Crippen MR) is 335 cm³/mol. The number of nitrogens with zero attached hydrogens (tertiary/aromatic N) is 9. The van der Waals surface area contributed by atoms with Crippen molar-refractivity contribution in [3.05, 3.63) is 254 Å². The third-order valence-electron chi connectivity index (χ3n) is 16.3. The van der Waals surface area contributed by atoms with Gasteiger partial charge < -0.3 is 0 Å². The largest absolute Gasteiger partial charge is 0.264 e. The number of hydrogen-bond donors (Lipinski definition) is 0. The molecule has 0 saturated heterocycles. The minimum atomic E-state index is 0.511. The van der Waals surface area contributed by atoms with E-state index in [0.717, 1.165) is 88.5 Å². The van der Waals surface area contributed by atoms with E-state index in [1.165, 1.54) is 48.5 Å². The maximum Gasteiger partial charge on any atom is 0.164 e. The number of pyridine rings is 2. The summed E-state index contributed by atoms with van der Waals surface area (Å²) in [5.74, 6) is 3.34. The molecule has 0 unspecified atom stereocenters. The summed E-state index contributed by atoms with van der Waals surface area (Å²) < 4.78 is 0. The Morgan fingerprint density at radius 3 is 1.30 bits per heavy atom. The van der Waals surface area contributed by atoms with Gasteiger partial charge in [0.05, 0.1) is 11.6 Å². The van der Waals surface area contributed by atoms with E-state index in [9.17, 15) is 5.26 Å². The van der Waals surface area contributed by atoms with Gasteiger partial charge in [0.15, 0.2) is 34.9 Å². The van der Waals surface area contributed by atoms with Crippen LogP contribution in [0.2, 0.25) is 0 Å². The van der Waals surface area contributed by atoms with Crippen LogP contribution in [0, 0.1) is 18.3 Å². The highest BCUT2D eigenvalue weighted by atomic mass is 15.0. The monoisotopic (exact) mass is 1060 g/mol. The van der Waals surface area contributed by atoms with Crippen molar-refractivity contribution in [3.63, 3.8) is 0 Å². The molecule has 4 aromatic heterocycles. The lowest BCUT2D eigenvalue weighted by atomic mass is 9.91. The van der Waals surface area contributed by atoms with Crippen LogP contribution in [0.25, 0.3) is 166 Å². The first-order chi connectivity index (χ1) is 41.0. The summed E-state index contributed by atoms with van der Waals surface area (Å²) in [6.07, 6.45) is 7.47. The second-order valence-electron chi connectivity index (χ2n) is 21.1. The molecule has 0 bridgehead atoms. The molecule has 0 N–H and O–H groups in total. The average Bonchev–Trinajstić information content (AvgIpc) is 2.37. The van der Waals surface area contributed by atoms with Crippen molar-refractivity contribution in [2.24, 2.45) is 0 Å². The summed E-state index contributed by atoms with van der Waals surface area (Å²) in [6.45, 7) is 2.13. The molecule has 0 aliphatic heterocycles. The highest BCUT2D eigenvalue weighted by Gasteiger charge is 2.22. The van der Waals surface area contributed by atoms with Gasteiger partial charge in [0, 0.05) is 69.3 Å². The SMILES string of the molecule is Cc1c(-c2cncc(-c3cccc(-c4nc(-c5ccc(C#N)cc5)nc(-c5ccc6ccc7cccc8ccc5c6c78)n4)c3)c2)cccc1-c1nc(-c2ccc(-c3cccnc3)cc2)nc(-c2ccc3ccc4cccc5ccc2c3c45)n1. The van der Waals surface area contributed by atoms with Gasteiger partial charge in [0.2, 0.25) is 0 Å². The van der Waals surface area contributed by atoms with E-state index in [0.29, 0.717) is 40.5 Å².